The van der Waals surface area contributed by atoms with Crippen LogP contribution in [0.5, 0.6) is 0 Å². The van der Waals surface area contributed by atoms with Crippen LogP contribution >= 0.6 is 0 Å². The lowest BCUT2D eigenvalue weighted by molar-refractivity contribution is 0.100. The predicted molar refractivity (Wildman–Crippen MR) is 65.3 cm³/mol. The maximum atomic E-state index is 11.2. The van der Waals surface area contributed by atoms with Gasteiger partial charge in [0.25, 0.3) is 5.91 Å². The van der Waals surface area contributed by atoms with E-state index in [2.05, 4.69) is 15.3 Å². The van der Waals surface area contributed by atoms with E-state index in [-0.39, 0.29) is 0 Å². The number of nitrogens with one attached hydrogen (secondary N) is 2. The highest BCUT2D eigenvalue weighted by Crippen LogP contribution is 2.19. The fraction of sp³-hybridized carbons (Fsp3) is 0.0909. The molecule has 1 heterocycles. The number of nitrogens with zero attached hydrogens (tertiary/aromatic N) is 1. The van der Waals surface area contributed by atoms with Crippen LogP contribution in [0, 0.1) is 0 Å². The number of hydrogen-bond donors (Lipinski definition) is 4. The number of amides is 1. The second-order valence-electron chi connectivity index (χ2n) is 3.60. The fourth-order valence-corrected chi connectivity index (χ4v) is 1.49. The van der Waals surface area contributed by atoms with Crippen LogP contribution in [-0.2, 0) is 6.54 Å². The van der Waals surface area contributed by atoms with Gasteiger partial charge in [-0.15, -0.1) is 0 Å². The van der Waals surface area contributed by atoms with Crippen molar-refractivity contribution in [1.82, 2.24) is 9.97 Å². The molecule has 1 aromatic heterocycles. The topological polar surface area (TPSA) is 110 Å². The average Bonchev–Trinajstić information content (AvgIpc) is 2.78. The Bertz CT molecular complexity index is 521. The summed E-state index contributed by atoms with van der Waals surface area (Å²) in [6, 6.07) is 4.92. The van der Waals surface area contributed by atoms with Crippen LogP contribution in [0.2, 0.25) is 0 Å². The van der Waals surface area contributed by atoms with E-state index in [9.17, 15) is 4.79 Å². The smallest absolute Gasteiger partial charge is 0.250 e. The molecule has 0 aliphatic carbocycles. The molecule has 0 bridgehead atoms. The highest BCUT2D eigenvalue weighted by atomic mass is 16.1. The molecule has 0 spiro atoms. The van der Waals surface area contributed by atoms with Gasteiger partial charge < -0.3 is 21.8 Å². The average molecular weight is 231 g/mol. The fourth-order valence-electron chi connectivity index (χ4n) is 1.49. The minimum atomic E-state index is -0.489. The van der Waals surface area contributed by atoms with Crippen LogP contribution in [0.3, 0.4) is 0 Å². The van der Waals surface area contributed by atoms with Crippen molar-refractivity contribution in [3.63, 3.8) is 0 Å². The lowest BCUT2D eigenvalue weighted by atomic mass is 10.1. The zero-order chi connectivity index (χ0) is 12.3. The van der Waals surface area contributed by atoms with Crippen LogP contribution < -0.4 is 16.8 Å². The van der Waals surface area contributed by atoms with Gasteiger partial charge in [-0.1, -0.05) is 0 Å². The van der Waals surface area contributed by atoms with Gasteiger partial charge in [0.05, 0.1) is 24.1 Å². The Balaban J connectivity index is 2.19. The Kier molecular flexibility index (Phi) is 2.95. The minimum Gasteiger partial charge on any atom is -0.399 e. The second kappa shape index (κ2) is 4.56. The van der Waals surface area contributed by atoms with Gasteiger partial charge in [0.2, 0.25) is 0 Å². The van der Waals surface area contributed by atoms with Crippen LogP contribution in [0.15, 0.2) is 30.7 Å². The molecular weight excluding hydrogens is 218 g/mol. The van der Waals surface area contributed by atoms with E-state index in [0.29, 0.717) is 23.5 Å². The van der Waals surface area contributed by atoms with Gasteiger partial charge in [-0.3, -0.25) is 4.79 Å². The number of H-pyrrole nitrogens is 1. The van der Waals surface area contributed by atoms with E-state index < -0.39 is 5.91 Å². The number of carbonyl (C=O) groups is 1. The molecule has 17 heavy (non-hydrogen) atoms. The summed E-state index contributed by atoms with van der Waals surface area (Å²) in [5.41, 5.74) is 13.4. The van der Waals surface area contributed by atoms with Crippen molar-refractivity contribution in [3.8, 4) is 0 Å². The summed E-state index contributed by atoms with van der Waals surface area (Å²) in [7, 11) is 0. The maximum absolute atomic E-state index is 11.2. The van der Waals surface area contributed by atoms with E-state index in [1.54, 1.807) is 30.7 Å². The van der Waals surface area contributed by atoms with E-state index in [0.717, 1.165) is 5.69 Å². The summed E-state index contributed by atoms with van der Waals surface area (Å²) in [4.78, 5) is 18.1. The first-order valence-corrected chi connectivity index (χ1v) is 5.07. The molecule has 6 N–H and O–H groups in total. The molecule has 0 aliphatic heterocycles. The predicted octanol–water partition coefficient (Wildman–Crippen LogP) is 0.703. The lowest BCUT2D eigenvalue weighted by Crippen LogP contribution is -2.14. The molecule has 0 fully saturated rings. The monoisotopic (exact) mass is 231 g/mol. The SMILES string of the molecule is NC(=O)c1ccc(N)cc1NCc1cnc[nH]1. The van der Waals surface area contributed by atoms with Gasteiger partial charge in [0.15, 0.2) is 0 Å². The van der Waals surface area contributed by atoms with Crippen LogP contribution in [0.4, 0.5) is 11.4 Å². The number of aromatic nitrogens is 2. The van der Waals surface area contributed by atoms with E-state index in [1.807, 2.05) is 0 Å². The highest BCUT2D eigenvalue weighted by Gasteiger charge is 2.08. The zero-order valence-electron chi connectivity index (χ0n) is 9.10. The molecule has 0 radical (unpaired) electrons. The third-order valence-corrected chi connectivity index (χ3v) is 2.33. The first-order chi connectivity index (χ1) is 8.16. The number of carbonyl (C=O) groups excluding carboxylic acids is 1. The van der Waals surface area contributed by atoms with Gasteiger partial charge in [0, 0.05) is 17.6 Å². The molecule has 0 saturated heterocycles. The van der Waals surface area contributed by atoms with Gasteiger partial charge >= 0.3 is 0 Å². The molecule has 6 heteroatoms. The summed E-state index contributed by atoms with van der Waals surface area (Å²) >= 11 is 0. The Labute approximate surface area is 98.0 Å². The number of primary amides is 1. The van der Waals surface area contributed by atoms with E-state index >= 15 is 0 Å². The third kappa shape index (κ3) is 2.54. The van der Waals surface area contributed by atoms with E-state index in [1.165, 1.54) is 0 Å². The van der Waals surface area contributed by atoms with Gasteiger partial charge in [-0.05, 0) is 18.2 Å². The number of aromatic amines is 1. The molecule has 0 saturated carbocycles. The molecule has 88 valence electrons. The minimum absolute atomic E-state index is 0.415. The molecule has 1 amide bonds. The molecule has 0 aliphatic rings. The molecule has 0 atom stereocenters. The first-order valence-electron chi connectivity index (χ1n) is 5.07. The highest BCUT2D eigenvalue weighted by molar-refractivity contribution is 5.99. The molecule has 2 rings (SSSR count). The summed E-state index contributed by atoms with van der Waals surface area (Å²) in [6.45, 7) is 0.518. The number of imidazole rings is 1. The number of benzene rings is 1. The third-order valence-electron chi connectivity index (χ3n) is 2.33. The Hall–Kier alpha value is -2.50. The van der Waals surface area contributed by atoms with Crippen LogP contribution in [-0.4, -0.2) is 15.9 Å². The van der Waals surface area contributed by atoms with Crippen molar-refractivity contribution in [1.29, 1.82) is 0 Å². The summed E-state index contributed by atoms with van der Waals surface area (Å²) < 4.78 is 0. The summed E-state index contributed by atoms with van der Waals surface area (Å²) in [5, 5.41) is 3.09. The number of nitrogen functional groups attached to an aromatic ring is 1. The Morgan fingerprint density at radius 1 is 1.47 bits per heavy atom. The van der Waals surface area contributed by atoms with Crippen molar-refractivity contribution >= 4 is 17.3 Å². The molecule has 0 unspecified atom stereocenters. The maximum Gasteiger partial charge on any atom is 0.250 e. The summed E-state index contributed by atoms with van der Waals surface area (Å²) in [5.74, 6) is -0.489. The Morgan fingerprint density at radius 3 is 2.94 bits per heavy atom. The number of rotatable bonds is 4. The number of hydrogen-bond acceptors (Lipinski definition) is 4. The number of anilines is 2. The van der Waals surface area contributed by atoms with Crippen molar-refractivity contribution in [2.75, 3.05) is 11.1 Å². The molecular formula is C11H13N5O. The normalized spacial score (nSPS) is 10.1. The lowest BCUT2D eigenvalue weighted by Gasteiger charge is -2.09. The van der Waals surface area contributed by atoms with Gasteiger partial charge in [0.1, 0.15) is 0 Å². The number of nitrogens with two attached hydrogens (primary N) is 2. The summed E-state index contributed by atoms with van der Waals surface area (Å²) in [6.07, 6.45) is 3.29. The molecule has 1 aromatic carbocycles. The van der Waals surface area contributed by atoms with Crippen molar-refractivity contribution < 1.29 is 4.79 Å². The zero-order valence-corrected chi connectivity index (χ0v) is 9.10. The van der Waals surface area contributed by atoms with Gasteiger partial charge in [-0.25, -0.2) is 4.98 Å². The standard InChI is InChI=1S/C11H13N5O/c12-7-1-2-9(11(13)17)10(3-7)15-5-8-4-14-6-16-8/h1-4,6,15H,5,12H2,(H2,13,17)(H,14,16). The first kappa shape index (κ1) is 11.0. The Morgan fingerprint density at radius 2 is 2.29 bits per heavy atom. The van der Waals surface area contributed by atoms with Crippen molar-refractivity contribution in [2.45, 2.75) is 6.54 Å². The van der Waals surface area contributed by atoms with Crippen LogP contribution in [0.25, 0.3) is 0 Å². The van der Waals surface area contributed by atoms with Crippen molar-refractivity contribution in [2.24, 2.45) is 5.73 Å². The van der Waals surface area contributed by atoms with Crippen molar-refractivity contribution in [3.05, 3.63) is 42.0 Å². The van der Waals surface area contributed by atoms with Gasteiger partial charge in [-0.2, -0.15) is 0 Å². The molecule has 6 nitrogen and oxygen atoms in total. The van der Waals surface area contributed by atoms with Crippen LogP contribution in [0.1, 0.15) is 16.1 Å². The second-order valence-corrected chi connectivity index (χ2v) is 3.60. The largest absolute Gasteiger partial charge is 0.399 e. The quantitative estimate of drug-likeness (QED) is 0.580. The van der Waals surface area contributed by atoms with E-state index in [4.69, 9.17) is 11.5 Å². The molecule has 2 aromatic rings.